The van der Waals surface area contributed by atoms with E-state index in [-0.39, 0.29) is 0 Å². The quantitative estimate of drug-likeness (QED) is 0.169. The van der Waals surface area contributed by atoms with Crippen LogP contribution in [0.2, 0.25) is 0 Å². The van der Waals surface area contributed by atoms with Crippen molar-refractivity contribution in [1.29, 1.82) is 0 Å². The largest absolute Gasteiger partial charge is 0.456 e. The number of nitrogens with zero attached hydrogens (tertiary/aromatic N) is 1. The number of anilines is 3. The summed E-state index contributed by atoms with van der Waals surface area (Å²) in [7, 11) is 0. The summed E-state index contributed by atoms with van der Waals surface area (Å²) in [5.41, 5.74) is 13.4. The smallest absolute Gasteiger partial charge is 0.144 e. The summed E-state index contributed by atoms with van der Waals surface area (Å²) in [6, 6.07) is 71.2. The zero-order valence-corrected chi connectivity index (χ0v) is 32.0. The third kappa shape index (κ3) is 5.05. The predicted molar refractivity (Wildman–Crippen MR) is 245 cm³/mol. The Morgan fingerprint density at radius 3 is 1.84 bits per heavy atom. The first-order valence-corrected chi connectivity index (χ1v) is 20.4. The summed E-state index contributed by atoms with van der Waals surface area (Å²) in [5.74, 6) is 0. The fraction of sp³-hybridized carbons (Fsp3) is 0. The zero-order chi connectivity index (χ0) is 38.2. The second kappa shape index (κ2) is 13.1. The molecule has 0 amide bonds. The summed E-state index contributed by atoms with van der Waals surface area (Å²) in [4.78, 5) is 2.43. The zero-order valence-electron chi connectivity index (χ0n) is 31.2. The SMILES string of the molecule is c1ccc(-c2ccccc2N(c2ccc(-c3cccc4c3oc3c(-c5ccccc5)c5c(cc34)oc3ccccc35)cc2)c2cccc3c2sc2ccccc23)cc1. The van der Waals surface area contributed by atoms with Crippen molar-refractivity contribution in [3.63, 3.8) is 0 Å². The summed E-state index contributed by atoms with van der Waals surface area (Å²) >= 11 is 1.85. The molecule has 12 aromatic rings. The maximum Gasteiger partial charge on any atom is 0.144 e. The molecule has 3 aromatic heterocycles. The van der Waals surface area contributed by atoms with Gasteiger partial charge in [0, 0.05) is 59.4 Å². The van der Waals surface area contributed by atoms with Gasteiger partial charge in [0.25, 0.3) is 0 Å². The van der Waals surface area contributed by atoms with Crippen molar-refractivity contribution < 1.29 is 8.83 Å². The predicted octanol–water partition coefficient (Wildman–Crippen LogP) is 16.3. The molecule has 0 saturated carbocycles. The minimum Gasteiger partial charge on any atom is -0.456 e. The maximum atomic E-state index is 7.06. The molecule has 0 bridgehead atoms. The van der Waals surface area contributed by atoms with Gasteiger partial charge >= 0.3 is 0 Å². The summed E-state index contributed by atoms with van der Waals surface area (Å²) in [5, 5.41) is 6.81. The molecule has 12 rings (SSSR count). The van der Waals surface area contributed by atoms with Crippen LogP contribution in [0, 0.1) is 0 Å². The van der Waals surface area contributed by atoms with Crippen molar-refractivity contribution >= 4 is 92.4 Å². The molecular formula is C54H33NO2S. The minimum absolute atomic E-state index is 0.856. The average molecular weight is 760 g/mol. The van der Waals surface area contributed by atoms with Crippen LogP contribution in [0.1, 0.15) is 0 Å². The molecule has 3 nitrogen and oxygen atoms in total. The molecular weight excluding hydrogens is 727 g/mol. The molecule has 0 unspecified atom stereocenters. The summed E-state index contributed by atoms with van der Waals surface area (Å²) in [6.07, 6.45) is 0. The van der Waals surface area contributed by atoms with Gasteiger partial charge < -0.3 is 13.7 Å². The van der Waals surface area contributed by atoms with E-state index in [0.717, 1.165) is 83.2 Å². The molecule has 0 aliphatic heterocycles. The Kier molecular flexibility index (Phi) is 7.40. The van der Waals surface area contributed by atoms with E-state index in [1.54, 1.807) is 0 Å². The molecule has 0 N–H and O–H groups in total. The molecule has 3 heterocycles. The van der Waals surface area contributed by atoms with Crippen molar-refractivity contribution in [2.75, 3.05) is 4.90 Å². The van der Waals surface area contributed by atoms with Crippen LogP contribution in [0.3, 0.4) is 0 Å². The van der Waals surface area contributed by atoms with Crippen LogP contribution in [-0.4, -0.2) is 0 Å². The fourth-order valence-corrected chi connectivity index (χ4v) is 10.1. The van der Waals surface area contributed by atoms with Gasteiger partial charge in [0.1, 0.15) is 22.3 Å². The van der Waals surface area contributed by atoms with Gasteiger partial charge in [-0.3, -0.25) is 0 Å². The molecule has 58 heavy (non-hydrogen) atoms. The highest BCUT2D eigenvalue weighted by molar-refractivity contribution is 7.26. The van der Waals surface area contributed by atoms with E-state index < -0.39 is 0 Å². The van der Waals surface area contributed by atoms with Crippen molar-refractivity contribution in [3.05, 3.63) is 200 Å². The Hall–Kier alpha value is -7.40. The molecule has 9 aromatic carbocycles. The van der Waals surface area contributed by atoms with Gasteiger partial charge in [-0.25, -0.2) is 0 Å². The van der Waals surface area contributed by atoms with E-state index in [2.05, 4.69) is 193 Å². The van der Waals surface area contributed by atoms with Gasteiger partial charge in [-0.1, -0.05) is 158 Å². The number of furan rings is 2. The van der Waals surface area contributed by atoms with Crippen LogP contribution in [-0.2, 0) is 0 Å². The molecule has 0 radical (unpaired) electrons. The number of hydrogen-bond acceptors (Lipinski definition) is 4. The van der Waals surface area contributed by atoms with E-state index in [9.17, 15) is 0 Å². The van der Waals surface area contributed by atoms with Crippen LogP contribution in [0.5, 0.6) is 0 Å². The number of thiophene rings is 1. The third-order valence-corrected chi connectivity index (χ3v) is 12.7. The Labute approximate surface area is 338 Å². The first kappa shape index (κ1) is 32.8. The minimum atomic E-state index is 0.856. The van der Waals surface area contributed by atoms with Gasteiger partial charge in [0.15, 0.2) is 0 Å². The van der Waals surface area contributed by atoms with Crippen LogP contribution < -0.4 is 4.90 Å². The first-order valence-electron chi connectivity index (χ1n) is 19.6. The number of para-hydroxylation sites is 3. The van der Waals surface area contributed by atoms with E-state index in [4.69, 9.17) is 8.83 Å². The first-order chi connectivity index (χ1) is 28.8. The molecule has 0 atom stereocenters. The molecule has 0 fully saturated rings. The third-order valence-electron chi connectivity index (χ3n) is 11.5. The van der Waals surface area contributed by atoms with Crippen molar-refractivity contribution in [3.8, 4) is 33.4 Å². The lowest BCUT2D eigenvalue weighted by Crippen LogP contribution is -2.11. The number of hydrogen-bond donors (Lipinski definition) is 0. The standard InChI is InChI=1S/C54H33NO2S/c1-3-15-34(16-4-1)38-19-7-10-25-45(38)55(46-26-14-24-42-40-20-9-12-28-49(40)58-54(42)46)37-31-29-35(30-32-37)39-22-13-23-41-44-33-48-51(43-21-8-11-27-47(43)56-48)50(53(44)57-52(39)41)36-17-5-2-6-18-36/h1-33H. The van der Waals surface area contributed by atoms with Crippen LogP contribution in [0.4, 0.5) is 17.1 Å². The maximum absolute atomic E-state index is 7.06. The Balaban J connectivity index is 1.05. The van der Waals surface area contributed by atoms with Crippen molar-refractivity contribution in [2.24, 2.45) is 0 Å². The van der Waals surface area contributed by atoms with Gasteiger partial charge in [-0.15, -0.1) is 11.3 Å². The van der Waals surface area contributed by atoms with Crippen LogP contribution in [0.25, 0.3) is 97.4 Å². The molecule has 0 aliphatic carbocycles. The van der Waals surface area contributed by atoms with Crippen LogP contribution in [0.15, 0.2) is 209 Å². The molecule has 4 heteroatoms. The fourth-order valence-electron chi connectivity index (χ4n) is 8.88. The normalized spacial score (nSPS) is 11.8. The highest BCUT2D eigenvalue weighted by Crippen LogP contribution is 2.49. The van der Waals surface area contributed by atoms with Gasteiger partial charge in [0.2, 0.25) is 0 Å². The Morgan fingerprint density at radius 2 is 1.00 bits per heavy atom. The lowest BCUT2D eigenvalue weighted by molar-refractivity contribution is 0.665. The van der Waals surface area contributed by atoms with E-state index in [1.165, 1.54) is 31.3 Å². The van der Waals surface area contributed by atoms with Crippen molar-refractivity contribution in [2.45, 2.75) is 0 Å². The van der Waals surface area contributed by atoms with Crippen molar-refractivity contribution in [1.82, 2.24) is 0 Å². The monoisotopic (exact) mass is 759 g/mol. The second-order valence-electron chi connectivity index (χ2n) is 14.8. The highest BCUT2D eigenvalue weighted by Gasteiger charge is 2.24. The summed E-state index contributed by atoms with van der Waals surface area (Å²) in [6.45, 7) is 0. The Morgan fingerprint density at radius 1 is 0.379 bits per heavy atom. The molecule has 272 valence electrons. The number of benzene rings is 9. The van der Waals surface area contributed by atoms with Gasteiger partial charge in [-0.05, 0) is 59.2 Å². The lowest BCUT2D eigenvalue weighted by Gasteiger charge is -2.28. The van der Waals surface area contributed by atoms with Gasteiger partial charge in [-0.2, -0.15) is 0 Å². The topological polar surface area (TPSA) is 29.5 Å². The number of rotatable bonds is 6. The van der Waals surface area contributed by atoms with E-state index in [0.29, 0.717) is 0 Å². The summed E-state index contributed by atoms with van der Waals surface area (Å²) < 4.78 is 16.1. The van der Waals surface area contributed by atoms with Crippen LogP contribution >= 0.6 is 11.3 Å². The highest BCUT2D eigenvalue weighted by atomic mass is 32.1. The molecule has 0 saturated heterocycles. The van der Waals surface area contributed by atoms with E-state index in [1.807, 2.05) is 23.5 Å². The Bertz CT molecular complexity index is 3500. The molecule has 0 spiro atoms. The molecule has 0 aliphatic rings. The average Bonchev–Trinajstić information content (AvgIpc) is 3.98. The van der Waals surface area contributed by atoms with Gasteiger partial charge in [0.05, 0.1) is 16.1 Å². The van der Waals surface area contributed by atoms with E-state index >= 15 is 0 Å². The number of fused-ring (bicyclic) bond motifs is 9. The second-order valence-corrected chi connectivity index (χ2v) is 15.8. The lowest BCUT2D eigenvalue weighted by atomic mass is 9.96.